The zero-order valence-corrected chi connectivity index (χ0v) is 42.4. The lowest BCUT2D eigenvalue weighted by molar-refractivity contribution is -0.731. The number of nitrogens with one attached hydrogen (secondary N) is 2. The van der Waals surface area contributed by atoms with Crippen LogP contribution in [0.25, 0.3) is 0 Å². The zero-order chi connectivity index (χ0) is 48.7. The number of fused-ring (bicyclic) bond motifs is 1. The van der Waals surface area contributed by atoms with Crippen molar-refractivity contribution in [2.45, 2.75) is 34.3 Å². The van der Waals surface area contributed by atoms with Crippen molar-refractivity contribution in [2.75, 3.05) is 30.5 Å². The fraction of sp³-hybridized carbons (Fsp3) is 0.167. The molecule has 5 aromatic carbocycles. The summed E-state index contributed by atoms with van der Waals surface area (Å²) in [7, 11) is 1.37. The number of methoxy groups -OCH3 is 1. The number of aromatic nitrogens is 2. The molecule has 1 saturated heterocycles. The lowest BCUT2D eigenvalue weighted by Gasteiger charge is -2.49. The molecule has 2 amide bonds. The summed E-state index contributed by atoms with van der Waals surface area (Å²) in [4.78, 5) is 67.2. The average Bonchev–Trinajstić information content (AvgIpc) is 3.88. The van der Waals surface area contributed by atoms with Crippen LogP contribution in [0, 0.1) is 0 Å². The van der Waals surface area contributed by atoms with Gasteiger partial charge in [-0.05, 0) is 29.2 Å². The van der Waals surface area contributed by atoms with Gasteiger partial charge in [-0.3, -0.25) is 14.5 Å². The van der Waals surface area contributed by atoms with Gasteiger partial charge in [-0.2, -0.15) is 4.57 Å². The molecule has 360 valence electrons. The van der Waals surface area contributed by atoms with E-state index in [9.17, 15) is 24.3 Å². The van der Waals surface area contributed by atoms with Crippen LogP contribution >= 0.6 is 34.9 Å². The number of hydrogen-bond donors (Lipinski definition) is 3. The average molecular weight is 1070 g/mol. The number of ether oxygens (including phenoxy) is 1. The van der Waals surface area contributed by atoms with E-state index in [1.165, 1.54) is 46.9 Å². The minimum Gasteiger partial charge on any atom is -1.00 e. The Balaban J connectivity index is 0.00000676. The number of thiazole rings is 1. The molecular weight excluding hydrogens is 1020 g/mol. The third kappa shape index (κ3) is 9.74. The third-order valence-electron chi connectivity index (χ3n) is 12.2. The molecule has 0 aliphatic carbocycles. The highest BCUT2D eigenvalue weighted by Crippen LogP contribution is 2.43. The van der Waals surface area contributed by atoms with E-state index in [2.05, 4.69) is 52.2 Å². The number of aliphatic carboxylic acids is 1. The van der Waals surface area contributed by atoms with Crippen molar-refractivity contribution in [1.82, 2.24) is 15.2 Å². The Kier molecular flexibility index (Phi) is 15.9. The van der Waals surface area contributed by atoms with Crippen molar-refractivity contribution >= 4 is 69.5 Å². The minimum absolute atomic E-state index is 0. The molecule has 0 saturated carbocycles. The fourth-order valence-electron chi connectivity index (χ4n) is 8.93. The SMILES string of the molecule is CCO/N=C(\C(=O)N[C@@H]1C(=O)N2C(C(=O)O)=C(CSc3cc[n+](C(C(=O)OC)(c4ccccc4)c4ccccc4)cc3)CS[C@H]12)c1csc(NC(c2ccccc2)(c2ccccc2)c2ccccc2)n1.[Br-]. The maximum absolute atomic E-state index is 14.2. The summed E-state index contributed by atoms with van der Waals surface area (Å²) in [5, 5.41) is 22.8. The standard InChI is InChI=1S/C54H46N6O7S3.BrH/c1-3-67-58-44(43-35-70-52(55-43)57-53(37-19-9-4-10-20-37,38-21-11-5-12-22-38)39-23-13-6-14-24-39)47(61)56-45-48(62)60-46(50(63)64)36(34-69-49(45)60)33-68-42-29-31-59(32-30-42)54(51(65)66-2,40-25-15-7-16-26-40)41-27-17-8-18-28-41;/h4-32,35,45,49H,3,33-34H2,1-2H3,(H2-,55,56,57,61,63,64);1H/b58-44-;/t45-,49-;/m1./s1. The minimum atomic E-state index is -1.32. The van der Waals surface area contributed by atoms with Crippen LogP contribution in [0.15, 0.2) is 203 Å². The van der Waals surface area contributed by atoms with Gasteiger partial charge in [0.1, 0.15) is 35.0 Å². The molecule has 1 fully saturated rings. The molecular formula is C54H47BrN6O7S3. The number of β-lactam (4-membered cyclic amide) rings is 1. The number of nitrogens with zero attached hydrogens (tertiary/aromatic N) is 4. The molecule has 0 spiro atoms. The maximum Gasteiger partial charge on any atom is 0.388 e. The number of carbonyl (C=O) groups is 4. The Morgan fingerprint density at radius 3 is 1.79 bits per heavy atom. The summed E-state index contributed by atoms with van der Waals surface area (Å²) in [6.45, 7) is 1.91. The Bertz CT molecular complexity index is 2920. The fourth-order valence-corrected chi connectivity index (χ4v) is 12.1. The monoisotopic (exact) mass is 1070 g/mol. The van der Waals surface area contributed by atoms with Gasteiger partial charge in [0, 0.05) is 45.0 Å². The van der Waals surface area contributed by atoms with Crippen molar-refractivity contribution < 1.29 is 55.4 Å². The predicted molar refractivity (Wildman–Crippen MR) is 271 cm³/mol. The van der Waals surface area contributed by atoms with Crippen LogP contribution in [-0.4, -0.2) is 81.1 Å². The number of hydrogen-bond acceptors (Lipinski definition) is 12. The molecule has 2 atom stereocenters. The topological polar surface area (TPSA) is 163 Å². The molecule has 3 N–H and O–H groups in total. The Morgan fingerprint density at radius 2 is 1.31 bits per heavy atom. The van der Waals surface area contributed by atoms with Gasteiger partial charge >= 0.3 is 17.5 Å². The van der Waals surface area contributed by atoms with Crippen LogP contribution in [0.4, 0.5) is 5.13 Å². The predicted octanol–water partition coefficient (Wildman–Crippen LogP) is 5.08. The number of carboxylic acid groups (broad SMARTS) is 1. The van der Waals surface area contributed by atoms with E-state index in [0.29, 0.717) is 27.6 Å². The lowest BCUT2D eigenvalue weighted by atomic mass is 9.77. The van der Waals surface area contributed by atoms with E-state index >= 15 is 0 Å². The Hall–Kier alpha value is -7.05. The number of benzene rings is 5. The van der Waals surface area contributed by atoms with Gasteiger partial charge in [0.2, 0.25) is 0 Å². The number of pyridine rings is 1. The van der Waals surface area contributed by atoms with Crippen LogP contribution < -0.4 is 32.2 Å². The van der Waals surface area contributed by atoms with E-state index in [0.717, 1.165) is 21.6 Å². The number of amides is 2. The number of halogens is 1. The van der Waals surface area contributed by atoms with E-state index in [1.54, 1.807) is 12.3 Å². The summed E-state index contributed by atoms with van der Waals surface area (Å²) in [5.41, 5.74) is 2.70. The first-order valence-electron chi connectivity index (χ1n) is 22.4. The second-order valence-corrected chi connectivity index (χ2v) is 19.2. The van der Waals surface area contributed by atoms with Gasteiger partial charge in [0.15, 0.2) is 23.2 Å². The number of carbonyl (C=O) groups excluding carboxylic acids is 3. The molecule has 0 unspecified atom stereocenters. The molecule has 2 aromatic heterocycles. The van der Waals surface area contributed by atoms with Crippen LogP contribution in [0.3, 0.4) is 0 Å². The van der Waals surface area contributed by atoms with Crippen LogP contribution in [-0.2, 0) is 39.8 Å². The summed E-state index contributed by atoms with van der Waals surface area (Å²) in [5.74, 6) is -2.37. The second kappa shape index (κ2) is 22.4. The highest BCUT2D eigenvalue weighted by atomic mass is 79.9. The first-order chi connectivity index (χ1) is 34.2. The van der Waals surface area contributed by atoms with Crippen LogP contribution in [0.5, 0.6) is 0 Å². The highest BCUT2D eigenvalue weighted by Gasteiger charge is 2.55. The smallest absolute Gasteiger partial charge is 0.388 e. The second-order valence-electron chi connectivity index (χ2n) is 16.2. The van der Waals surface area contributed by atoms with Gasteiger partial charge in [-0.15, -0.1) is 34.9 Å². The normalized spacial score (nSPS) is 15.7. The van der Waals surface area contributed by atoms with E-state index in [1.807, 2.05) is 144 Å². The highest BCUT2D eigenvalue weighted by molar-refractivity contribution is 8.01. The van der Waals surface area contributed by atoms with E-state index < -0.39 is 46.2 Å². The summed E-state index contributed by atoms with van der Waals surface area (Å²) in [6.07, 6.45) is 3.62. The number of rotatable bonds is 18. The number of oxime groups is 1. The summed E-state index contributed by atoms with van der Waals surface area (Å²) in [6, 6.07) is 51.7. The first-order valence-corrected chi connectivity index (χ1v) is 25.3. The quantitative estimate of drug-likeness (QED) is 0.0200. The molecule has 4 heterocycles. The van der Waals surface area contributed by atoms with Crippen molar-refractivity contribution in [2.24, 2.45) is 5.16 Å². The maximum atomic E-state index is 14.2. The molecule has 9 rings (SSSR count). The molecule has 2 aliphatic rings. The number of esters is 1. The first kappa shape index (κ1) is 50.3. The summed E-state index contributed by atoms with van der Waals surface area (Å²) >= 11 is 4.08. The van der Waals surface area contributed by atoms with Crippen LogP contribution in [0.1, 0.15) is 40.4 Å². The Labute approximate surface area is 433 Å². The van der Waals surface area contributed by atoms with Crippen molar-refractivity contribution in [3.05, 3.63) is 226 Å². The van der Waals surface area contributed by atoms with Gasteiger partial charge in [0.25, 0.3) is 11.8 Å². The number of carboxylic acids is 1. The van der Waals surface area contributed by atoms with E-state index in [4.69, 9.17) is 14.6 Å². The number of anilines is 1. The number of thioether (sulfide) groups is 2. The summed E-state index contributed by atoms with van der Waals surface area (Å²) < 4.78 is 7.24. The van der Waals surface area contributed by atoms with Crippen molar-refractivity contribution in [3.63, 3.8) is 0 Å². The van der Waals surface area contributed by atoms with E-state index in [-0.39, 0.29) is 46.4 Å². The lowest BCUT2D eigenvalue weighted by Crippen LogP contribution is -3.00. The Morgan fingerprint density at radius 1 is 0.803 bits per heavy atom. The van der Waals surface area contributed by atoms with Crippen LogP contribution in [0.2, 0.25) is 0 Å². The molecule has 0 bridgehead atoms. The molecule has 7 aromatic rings. The third-order valence-corrected chi connectivity index (χ3v) is 15.4. The van der Waals surface area contributed by atoms with Crippen molar-refractivity contribution in [1.29, 1.82) is 0 Å². The molecule has 13 nitrogen and oxygen atoms in total. The van der Waals surface area contributed by atoms with Crippen molar-refractivity contribution in [3.8, 4) is 0 Å². The van der Waals surface area contributed by atoms with Gasteiger partial charge in [-0.1, -0.05) is 157 Å². The zero-order valence-electron chi connectivity index (χ0n) is 38.4. The van der Waals surface area contributed by atoms with Gasteiger partial charge in [0.05, 0.1) is 7.11 Å². The van der Waals surface area contributed by atoms with Gasteiger partial charge < -0.3 is 42.3 Å². The molecule has 17 heteroatoms. The molecule has 2 aliphatic heterocycles. The molecule has 0 radical (unpaired) electrons. The molecule has 71 heavy (non-hydrogen) atoms. The largest absolute Gasteiger partial charge is 1.00 e. The van der Waals surface area contributed by atoms with Gasteiger partial charge in [-0.25, -0.2) is 14.6 Å².